The zero-order chi connectivity index (χ0) is 24.9. The maximum atomic E-state index is 11.2. The van der Waals surface area contributed by atoms with Gasteiger partial charge in [-0.3, -0.25) is 5.73 Å². The first-order valence-electron chi connectivity index (χ1n) is 14.3. The van der Waals surface area contributed by atoms with E-state index in [1.165, 1.54) is 96.3 Å². The molecule has 2 N–H and O–H groups in total. The van der Waals surface area contributed by atoms with E-state index in [-0.39, 0.29) is 17.2 Å². The summed E-state index contributed by atoms with van der Waals surface area (Å²) in [5, 5.41) is 11.2. The van der Waals surface area contributed by atoms with Gasteiger partial charge in [0.2, 0.25) is 5.84 Å². The number of aliphatic imine (C=N–C) groups is 1. The van der Waals surface area contributed by atoms with Crippen LogP contribution in [0.2, 0.25) is 0 Å². The van der Waals surface area contributed by atoms with Crippen LogP contribution in [0.3, 0.4) is 0 Å². The standard InChI is InChI=1S/C29H53N3O2/c1-3-4-5-6-7-8-9-10-11-12-13-14-15-16-17-18-19-20-21-22-23-28-31-24-25-32(28,27(2)30)26-29(33)34/h18-19,24-25,27H,3-17,20-23,26,30H2,1-2H3/b19-18+. The lowest BCUT2D eigenvalue weighted by atomic mass is 10.0. The predicted octanol–water partition coefficient (Wildman–Crippen LogP) is 6.73. The molecule has 0 aliphatic carbocycles. The van der Waals surface area contributed by atoms with Gasteiger partial charge in [0.25, 0.3) is 0 Å². The largest absolute Gasteiger partial charge is 0.544 e. The van der Waals surface area contributed by atoms with Crippen molar-refractivity contribution >= 4 is 11.8 Å². The van der Waals surface area contributed by atoms with Crippen LogP contribution in [0.4, 0.5) is 0 Å². The third kappa shape index (κ3) is 13.4. The van der Waals surface area contributed by atoms with E-state index in [0.29, 0.717) is 0 Å². The molecule has 1 aliphatic rings. The Morgan fingerprint density at radius 3 is 1.82 bits per heavy atom. The molecule has 2 atom stereocenters. The molecule has 0 aromatic carbocycles. The van der Waals surface area contributed by atoms with Gasteiger partial charge < -0.3 is 9.90 Å². The van der Waals surface area contributed by atoms with E-state index in [1.54, 1.807) is 12.4 Å². The molecule has 0 aromatic heterocycles. The number of hydrogen-bond acceptors (Lipinski definition) is 4. The van der Waals surface area contributed by atoms with Crippen LogP contribution < -0.4 is 10.8 Å². The Morgan fingerprint density at radius 2 is 1.35 bits per heavy atom. The molecule has 0 spiro atoms. The minimum Gasteiger partial charge on any atom is -0.544 e. The van der Waals surface area contributed by atoms with Gasteiger partial charge in [-0.15, -0.1) is 0 Å². The minimum atomic E-state index is -1.09. The van der Waals surface area contributed by atoms with Crippen molar-refractivity contribution in [3.05, 3.63) is 24.6 Å². The van der Waals surface area contributed by atoms with Crippen LogP contribution in [0.15, 0.2) is 29.5 Å². The van der Waals surface area contributed by atoms with Gasteiger partial charge in [0.1, 0.15) is 18.9 Å². The number of unbranched alkanes of at least 4 members (excludes halogenated alkanes) is 16. The summed E-state index contributed by atoms with van der Waals surface area (Å²) in [6, 6.07) is 0. The van der Waals surface area contributed by atoms with E-state index in [9.17, 15) is 9.90 Å². The number of carbonyl (C=O) groups is 1. The Bertz CT molecular complexity index is 612. The van der Waals surface area contributed by atoms with E-state index in [2.05, 4.69) is 24.1 Å². The molecule has 0 saturated heterocycles. The van der Waals surface area contributed by atoms with Crippen LogP contribution in [0, 0.1) is 0 Å². The number of nitrogens with zero attached hydrogens (tertiary/aromatic N) is 2. The molecule has 0 fully saturated rings. The molecule has 5 nitrogen and oxygen atoms in total. The summed E-state index contributed by atoms with van der Waals surface area (Å²) in [6.07, 6.45) is 32.5. The van der Waals surface area contributed by atoms with E-state index < -0.39 is 5.97 Å². The molecule has 1 rings (SSSR count). The zero-order valence-corrected chi connectivity index (χ0v) is 22.3. The average molecular weight is 476 g/mol. The second-order valence-corrected chi connectivity index (χ2v) is 10.1. The second-order valence-electron chi connectivity index (χ2n) is 10.1. The molecule has 196 valence electrons. The van der Waals surface area contributed by atoms with Gasteiger partial charge in [0.15, 0.2) is 0 Å². The topological polar surface area (TPSA) is 78.5 Å². The molecule has 0 aromatic rings. The summed E-state index contributed by atoms with van der Waals surface area (Å²) in [5.41, 5.74) is 6.09. The monoisotopic (exact) mass is 475 g/mol. The zero-order valence-electron chi connectivity index (χ0n) is 22.3. The van der Waals surface area contributed by atoms with Crippen LogP contribution in [-0.4, -0.2) is 29.0 Å². The second kappa shape index (κ2) is 19.8. The summed E-state index contributed by atoms with van der Waals surface area (Å²) < 4.78 is 0.0945. The number of hydrogen-bond donors (Lipinski definition) is 1. The van der Waals surface area contributed by atoms with Crippen LogP contribution >= 0.6 is 0 Å². The summed E-state index contributed by atoms with van der Waals surface area (Å²) >= 11 is 0. The van der Waals surface area contributed by atoms with Gasteiger partial charge in [-0.1, -0.05) is 103 Å². The lowest BCUT2D eigenvalue weighted by molar-refractivity contribution is -0.808. The lowest BCUT2D eigenvalue weighted by Gasteiger charge is -2.36. The summed E-state index contributed by atoms with van der Waals surface area (Å²) in [4.78, 5) is 15.6. The maximum Gasteiger partial charge on any atom is 0.209 e. The first kappa shape index (κ1) is 30.6. The molecule has 0 radical (unpaired) electrons. The lowest BCUT2D eigenvalue weighted by Crippen LogP contribution is -2.60. The van der Waals surface area contributed by atoms with Crippen LogP contribution in [-0.2, 0) is 4.79 Å². The Hall–Kier alpha value is -1.46. The number of rotatable bonds is 23. The Morgan fingerprint density at radius 1 is 0.882 bits per heavy atom. The van der Waals surface area contributed by atoms with Crippen molar-refractivity contribution in [3.63, 3.8) is 0 Å². The van der Waals surface area contributed by atoms with Crippen molar-refractivity contribution in [2.45, 2.75) is 142 Å². The molecule has 34 heavy (non-hydrogen) atoms. The van der Waals surface area contributed by atoms with Crippen molar-refractivity contribution in [2.75, 3.05) is 6.54 Å². The maximum absolute atomic E-state index is 11.2. The predicted molar refractivity (Wildman–Crippen MR) is 143 cm³/mol. The summed E-state index contributed by atoms with van der Waals surface area (Å²) in [7, 11) is 0. The first-order valence-corrected chi connectivity index (χ1v) is 14.3. The highest BCUT2D eigenvalue weighted by molar-refractivity contribution is 5.81. The Balaban J connectivity index is 1.93. The minimum absolute atomic E-state index is 0.0945. The number of carboxylic acid groups (broad SMARTS) is 1. The summed E-state index contributed by atoms with van der Waals surface area (Å²) in [6.45, 7) is 3.96. The molecule has 2 unspecified atom stereocenters. The molecule has 0 amide bonds. The van der Waals surface area contributed by atoms with Crippen molar-refractivity contribution in [2.24, 2.45) is 10.7 Å². The molecular formula is C29H53N3O2. The van der Waals surface area contributed by atoms with E-state index >= 15 is 0 Å². The summed E-state index contributed by atoms with van der Waals surface area (Å²) in [5.74, 6) is -0.256. The van der Waals surface area contributed by atoms with E-state index in [1.807, 2.05) is 6.92 Å². The van der Waals surface area contributed by atoms with Gasteiger partial charge >= 0.3 is 0 Å². The van der Waals surface area contributed by atoms with Gasteiger partial charge in [0, 0.05) is 13.3 Å². The molecule has 5 heteroatoms. The van der Waals surface area contributed by atoms with E-state index in [0.717, 1.165) is 31.5 Å². The number of aliphatic carboxylic acids is 1. The number of nitrogens with two attached hydrogens (primary N) is 1. The molecule has 0 saturated carbocycles. The number of carbonyl (C=O) groups excluding carboxylic acids is 1. The number of carboxylic acids is 1. The highest BCUT2D eigenvalue weighted by Crippen LogP contribution is 2.23. The van der Waals surface area contributed by atoms with E-state index in [4.69, 9.17) is 5.73 Å². The number of amidine groups is 1. The van der Waals surface area contributed by atoms with Crippen LogP contribution in [0.1, 0.15) is 136 Å². The van der Waals surface area contributed by atoms with Crippen molar-refractivity contribution in [1.29, 1.82) is 0 Å². The van der Waals surface area contributed by atoms with Gasteiger partial charge in [-0.2, -0.15) is 0 Å². The quantitative estimate of drug-likeness (QED) is 0.101. The van der Waals surface area contributed by atoms with Crippen LogP contribution in [0.25, 0.3) is 0 Å². The fraction of sp³-hybridized carbons (Fsp3) is 0.793. The third-order valence-electron chi connectivity index (χ3n) is 7.07. The molecule has 1 aliphatic heterocycles. The smallest absolute Gasteiger partial charge is 0.209 e. The van der Waals surface area contributed by atoms with Crippen molar-refractivity contribution < 1.29 is 14.4 Å². The van der Waals surface area contributed by atoms with Gasteiger partial charge in [0.05, 0.1) is 12.2 Å². The highest BCUT2D eigenvalue weighted by Gasteiger charge is 2.38. The molecule has 1 heterocycles. The van der Waals surface area contributed by atoms with Crippen molar-refractivity contribution in [1.82, 2.24) is 0 Å². The number of allylic oxidation sites excluding steroid dienone is 2. The average Bonchev–Trinajstić information content (AvgIpc) is 3.20. The van der Waals surface area contributed by atoms with Crippen LogP contribution in [0.5, 0.6) is 0 Å². The molecular weight excluding hydrogens is 422 g/mol. The highest BCUT2D eigenvalue weighted by atomic mass is 16.4. The van der Waals surface area contributed by atoms with Crippen molar-refractivity contribution in [3.8, 4) is 0 Å². The third-order valence-corrected chi connectivity index (χ3v) is 7.07. The Labute approximate surface area is 210 Å². The van der Waals surface area contributed by atoms with Gasteiger partial charge in [-0.25, -0.2) is 9.48 Å². The first-order chi connectivity index (χ1) is 16.5. The molecule has 0 bridgehead atoms. The Kier molecular flexibility index (Phi) is 17.8. The van der Waals surface area contributed by atoms with Gasteiger partial charge in [-0.05, 0) is 32.1 Å². The number of quaternary nitrogens is 1. The fourth-order valence-electron chi connectivity index (χ4n) is 4.81. The fourth-order valence-corrected chi connectivity index (χ4v) is 4.81. The SMILES string of the molecule is CCCCCCCCCCCCCCCC/C=C/CCCCC1=NC=C[N+]1(CC(=O)[O-])C(C)N. The normalized spacial score (nSPS) is 18.6.